The molecule has 0 aliphatic heterocycles. The van der Waals surface area contributed by atoms with Gasteiger partial charge >= 0.3 is 15.6 Å². The number of nitrogens with two attached hydrogens (primary N) is 1. The van der Waals surface area contributed by atoms with E-state index in [1.807, 2.05) is 24.3 Å². The van der Waals surface area contributed by atoms with Gasteiger partial charge in [0.1, 0.15) is 0 Å². The summed E-state index contributed by atoms with van der Waals surface area (Å²) in [5.74, 6) is 0. The highest BCUT2D eigenvalue weighted by Crippen LogP contribution is 2.20. The van der Waals surface area contributed by atoms with Crippen molar-refractivity contribution >= 4 is 26.0 Å². The molecule has 1 rings (SSSR count). The Morgan fingerprint density at radius 2 is 1.71 bits per heavy atom. The zero-order valence-corrected chi connectivity index (χ0v) is 10.7. The molecule has 98 valence electrons. The lowest BCUT2D eigenvalue weighted by atomic mass is 10.2. The van der Waals surface area contributed by atoms with E-state index in [0.717, 1.165) is 10.0 Å². The van der Waals surface area contributed by atoms with Gasteiger partial charge in [0.05, 0.1) is 0 Å². The fraction of sp³-hybridized carbons (Fsp3) is 0.250. The van der Waals surface area contributed by atoms with E-state index in [-0.39, 0.29) is 0 Å². The molecule has 9 heteroatoms. The van der Waals surface area contributed by atoms with Crippen LogP contribution in [0.15, 0.2) is 28.7 Å². The van der Waals surface area contributed by atoms with Gasteiger partial charge in [-0.05, 0) is 11.6 Å². The van der Waals surface area contributed by atoms with Gasteiger partial charge in [0, 0.05) is 11.0 Å². The summed E-state index contributed by atoms with van der Waals surface area (Å²) in [6.07, 6.45) is 0. The first kappa shape index (κ1) is 16.4. The molecule has 0 atom stereocenters. The third-order valence-corrected chi connectivity index (χ3v) is 2.83. The van der Waals surface area contributed by atoms with Crippen LogP contribution in [0, 0.1) is 0 Å². The first-order valence-corrected chi connectivity index (χ1v) is 6.30. The van der Waals surface area contributed by atoms with Crippen molar-refractivity contribution in [2.24, 2.45) is 5.73 Å². The highest BCUT2D eigenvalue weighted by atomic mass is 79.9. The molecule has 0 fully saturated rings. The largest absolute Gasteiger partial charge is 0.522 e. The lowest BCUT2D eigenvalue weighted by molar-refractivity contribution is -0.0510. The molecule has 1 aromatic rings. The third kappa shape index (κ3) is 6.01. The Morgan fingerprint density at radius 1 is 1.29 bits per heavy atom. The van der Waals surface area contributed by atoms with Crippen molar-refractivity contribution in [2.45, 2.75) is 12.1 Å². The predicted octanol–water partition coefficient (Wildman–Crippen LogP) is 2.30. The Morgan fingerprint density at radius 3 is 1.94 bits per heavy atom. The maximum absolute atomic E-state index is 10.7. The van der Waals surface area contributed by atoms with Gasteiger partial charge in [-0.2, -0.15) is 21.6 Å². The summed E-state index contributed by atoms with van der Waals surface area (Å²) in [5, 5.41) is 0. The van der Waals surface area contributed by atoms with Crippen LogP contribution >= 0.6 is 15.9 Å². The molecule has 0 aliphatic rings. The van der Waals surface area contributed by atoms with Crippen molar-refractivity contribution in [1.29, 1.82) is 0 Å². The van der Waals surface area contributed by atoms with Crippen molar-refractivity contribution < 1.29 is 26.1 Å². The van der Waals surface area contributed by atoms with E-state index >= 15 is 0 Å². The van der Waals surface area contributed by atoms with Crippen molar-refractivity contribution in [3.8, 4) is 0 Å². The van der Waals surface area contributed by atoms with Crippen LogP contribution in [0.1, 0.15) is 5.56 Å². The lowest BCUT2D eigenvalue weighted by Crippen LogP contribution is -2.21. The van der Waals surface area contributed by atoms with Gasteiger partial charge in [-0.15, -0.1) is 0 Å². The Hall–Kier alpha value is -0.640. The van der Waals surface area contributed by atoms with Gasteiger partial charge in [-0.3, -0.25) is 4.55 Å². The number of benzene rings is 1. The van der Waals surface area contributed by atoms with Crippen LogP contribution < -0.4 is 5.73 Å². The summed E-state index contributed by atoms with van der Waals surface area (Å²) in [4.78, 5) is 0. The van der Waals surface area contributed by atoms with E-state index in [0.29, 0.717) is 6.54 Å². The van der Waals surface area contributed by atoms with Crippen LogP contribution in [0.2, 0.25) is 0 Å². The summed E-state index contributed by atoms with van der Waals surface area (Å²) < 4.78 is 58.6. The van der Waals surface area contributed by atoms with E-state index in [4.69, 9.17) is 18.7 Å². The first-order chi connectivity index (χ1) is 7.59. The Labute approximate surface area is 104 Å². The molecule has 0 heterocycles. The summed E-state index contributed by atoms with van der Waals surface area (Å²) >= 11 is 3.38. The zero-order valence-electron chi connectivity index (χ0n) is 8.28. The summed E-state index contributed by atoms with van der Waals surface area (Å²) in [7, 11) is -5.84. The molecule has 0 bridgehead atoms. The number of halogens is 4. The summed E-state index contributed by atoms with van der Waals surface area (Å²) in [5.41, 5.74) is 1.04. The predicted molar refractivity (Wildman–Crippen MR) is 59.6 cm³/mol. The third-order valence-electron chi connectivity index (χ3n) is 1.47. The molecule has 0 saturated carbocycles. The maximum Gasteiger partial charge on any atom is 0.522 e. The molecular weight excluding hydrogens is 327 g/mol. The second-order valence-corrected chi connectivity index (χ2v) is 4.98. The average molecular weight is 336 g/mol. The van der Waals surface area contributed by atoms with E-state index < -0.39 is 15.6 Å². The standard InChI is InChI=1S/C7H8BrN.CHF3O3S/c8-7-4-2-1-3-6(7)5-9;2-1(3,4)8(5,6)7/h1-4H,5,9H2;(H,5,6,7). The zero-order chi connectivity index (χ0) is 13.7. The van der Waals surface area contributed by atoms with Gasteiger partial charge in [0.2, 0.25) is 0 Å². The molecule has 17 heavy (non-hydrogen) atoms. The molecule has 0 aromatic heterocycles. The second kappa shape index (κ2) is 6.34. The van der Waals surface area contributed by atoms with E-state index in [9.17, 15) is 13.2 Å². The fourth-order valence-electron chi connectivity index (χ4n) is 0.664. The van der Waals surface area contributed by atoms with Gasteiger partial charge < -0.3 is 5.73 Å². The maximum atomic E-state index is 10.7. The van der Waals surface area contributed by atoms with Crippen LogP contribution in [-0.2, 0) is 16.7 Å². The number of alkyl halides is 3. The van der Waals surface area contributed by atoms with Crippen LogP contribution in [0.4, 0.5) is 13.2 Å². The van der Waals surface area contributed by atoms with Crippen LogP contribution in [0.5, 0.6) is 0 Å². The van der Waals surface area contributed by atoms with E-state index in [1.165, 1.54) is 0 Å². The highest BCUT2D eigenvalue weighted by Gasteiger charge is 2.44. The SMILES string of the molecule is NCc1ccccc1Br.O=S(=O)(O)C(F)(F)F. The average Bonchev–Trinajstić information content (AvgIpc) is 2.16. The quantitative estimate of drug-likeness (QED) is 0.609. The highest BCUT2D eigenvalue weighted by molar-refractivity contribution is 9.10. The normalized spacial score (nSPS) is 11.6. The van der Waals surface area contributed by atoms with Crippen molar-refractivity contribution in [3.63, 3.8) is 0 Å². The smallest absolute Gasteiger partial charge is 0.326 e. The molecule has 0 radical (unpaired) electrons. The lowest BCUT2D eigenvalue weighted by Gasteiger charge is -1.97. The molecule has 0 unspecified atom stereocenters. The molecular formula is C8H9BrF3NO3S. The van der Waals surface area contributed by atoms with Crippen LogP contribution in [-0.4, -0.2) is 18.5 Å². The van der Waals surface area contributed by atoms with Crippen LogP contribution in [0.25, 0.3) is 0 Å². The van der Waals surface area contributed by atoms with Gasteiger partial charge in [0.25, 0.3) is 0 Å². The number of hydrogen-bond donors (Lipinski definition) is 2. The van der Waals surface area contributed by atoms with Crippen molar-refractivity contribution in [1.82, 2.24) is 0 Å². The minimum Gasteiger partial charge on any atom is -0.326 e. The molecule has 0 spiro atoms. The van der Waals surface area contributed by atoms with E-state index in [1.54, 1.807) is 0 Å². The minimum absolute atomic E-state index is 0.599. The minimum atomic E-state index is -5.84. The molecule has 1 aromatic carbocycles. The molecule has 0 aliphatic carbocycles. The Kier molecular flexibility index (Phi) is 6.10. The van der Waals surface area contributed by atoms with Gasteiger partial charge in [0.15, 0.2) is 0 Å². The van der Waals surface area contributed by atoms with Crippen molar-refractivity contribution in [3.05, 3.63) is 34.3 Å². The number of hydrogen-bond acceptors (Lipinski definition) is 3. The second-order valence-electron chi connectivity index (χ2n) is 2.72. The summed E-state index contributed by atoms with van der Waals surface area (Å²) in [6.45, 7) is 0.599. The topological polar surface area (TPSA) is 80.4 Å². The Balaban J connectivity index is 0.000000304. The molecule has 0 saturated heterocycles. The van der Waals surface area contributed by atoms with Gasteiger partial charge in [-0.1, -0.05) is 34.1 Å². The van der Waals surface area contributed by atoms with Gasteiger partial charge in [-0.25, -0.2) is 0 Å². The molecule has 0 amide bonds. The molecule has 4 nitrogen and oxygen atoms in total. The first-order valence-electron chi connectivity index (χ1n) is 4.07. The van der Waals surface area contributed by atoms with Crippen molar-refractivity contribution in [2.75, 3.05) is 0 Å². The number of rotatable bonds is 1. The van der Waals surface area contributed by atoms with Crippen LogP contribution in [0.3, 0.4) is 0 Å². The van der Waals surface area contributed by atoms with E-state index in [2.05, 4.69) is 15.9 Å². The monoisotopic (exact) mass is 335 g/mol. The summed E-state index contributed by atoms with van der Waals surface area (Å²) in [6, 6.07) is 7.95. The Bertz CT molecular complexity index is 461. The fourth-order valence-corrected chi connectivity index (χ4v) is 1.11. The molecule has 3 N–H and O–H groups in total.